The van der Waals surface area contributed by atoms with E-state index in [4.69, 9.17) is 0 Å². The van der Waals surface area contributed by atoms with E-state index in [1.807, 2.05) is 32.0 Å². The second-order valence-corrected chi connectivity index (χ2v) is 4.75. The van der Waals surface area contributed by atoms with Crippen molar-refractivity contribution in [1.82, 2.24) is 10.2 Å². The molecule has 0 radical (unpaired) electrons. The molecule has 92 valence electrons. The lowest BCUT2D eigenvalue weighted by Crippen LogP contribution is -2.30. The van der Waals surface area contributed by atoms with Gasteiger partial charge in [-0.05, 0) is 31.4 Å². The first-order chi connectivity index (χ1) is 8.66. The summed E-state index contributed by atoms with van der Waals surface area (Å²) in [4.78, 5) is 12.2. The highest BCUT2D eigenvalue weighted by Gasteiger charge is 2.32. The van der Waals surface area contributed by atoms with E-state index >= 15 is 0 Å². The largest absolute Gasteiger partial charge is 0.322 e. The highest BCUT2D eigenvalue weighted by atomic mass is 16.1. The summed E-state index contributed by atoms with van der Waals surface area (Å²) in [5.74, 6) is 0.0381. The van der Waals surface area contributed by atoms with Gasteiger partial charge in [-0.25, -0.2) is 0 Å². The molecular weight excluding hydrogens is 226 g/mol. The molecule has 1 aliphatic rings. The Morgan fingerprint density at radius 3 is 2.83 bits per heavy atom. The van der Waals surface area contributed by atoms with Gasteiger partial charge in [0.1, 0.15) is 0 Å². The zero-order chi connectivity index (χ0) is 12.7. The molecular formula is C14H15N3O. The summed E-state index contributed by atoms with van der Waals surface area (Å²) in [6.07, 6.45) is 0.831. The number of hydrogen-bond acceptors (Lipinski definition) is 2. The molecule has 1 atom stereocenters. The van der Waals surface area contributed by atoms with Crippen LogP contribution in [-0.2, 0) is 11.2 Å². The average Bonchev–Trinajstić information content (AvgIpc) is 2.62. The minimum Gasteiger partial charge on any atom is -0.322 e. The summed E-state index contributed by atoms with van der Waals surface area (Å²) in [5.41, 5.74) is 4.96. The third-order valence-corrected chi connectivity index (χ3v) is 3.55. The van der Waals surface area contributed by atoms with Crippen molar-refractivity contribution < 1.29 is 4.79 Å². The molecule has 2 N–H and O–H groups in total. The molecule has 0 aliphatic heterocycles. The Balaban J connectivity index is 1.79. The van der Waals surface area contributed by atoms with Crippen LogP contribution in [0.5, 0.6) is 0 Å². The molecule has 0 bridgehead atoms. The van der Waals surface area contributed by atoms with Crippen LogP contribution >= 0.6 is 0 Å². The Labute approximate surface area is 105 Å². The Morgan fingerprint density at radius 2 is 2.17 bits per heavy atom. The minimum absolute atomic E-state index is 0.0186. The molecule has 1 amide bonds. The number of hydrogen-bond donors (Lipinski definition) is 2. The van der Waals surface area contributed by atoms with Gasteiger partial charge in [-0.3, -0.25) is 9.89 Å². The van der Waals surface area contributed by atoms with E-state index in [2.05, 4.69) is 21.6 Å². The summed E-state index contributed by atoms with van der Waals surface area (Å²) in [7, 11) is 0. The number of H-pyrrole nitrogens is 1. The van der Waals surface area contributed by atoms with E-state index in [0.29, 0.717) is 0 Å². The van der Waals surface area contributed by atoms with E-state index < -0.39 is 0 Å². The molecule has 3 rings (SSSR count). The maximum atomic E-state index is 12.2. The molecule has 1 aliphatic carbocycles. The van der Waals surface area contributed by atoms with Gasteiger partial charge in [0.2, 0.25) is 5.91 Å². The lowest BCUT2D eigenvalue weighted by atomic mass is 9.77. The molecule has 0 saturated carbocycles. The van der Waals surface area contributed by atoms with Crippen molar-refractivity contribution in [3.8, 4) is 0 Å². The summed E-state index contributed by atoms with van der Waals surface area (Å²) in [6, 6.07) is 8.09. The fraction of sp³-hybridized carbons (Fsp3) is 0.286. The van der Waals surface area contributed by atoms with Gasteiger partial charge in [-0.15, -0.1) is 0 Å². The average molecular weight is 241 g/mol. The van der Waals surface area contributed by atoms with Crippen molar-refractivity contribution in [2.45, 2.75) is 26.2 Å². The normalized spacial score (nSPS) is 16.9. The van der Waals surface area contributed by atoms with Crippen LogP contribution in [0.3, 0.4) is 0 Å². The molecule has 4 heteroatoms. The van der Waals surface area contributed by atoms with E-state index in [0.717, 1.165) is 29.1 Å². The van der Waals surface area contributed by atoms with E-state index in [-0.39, 0.29) is 11.8 Å². The van der Waals surface area contributed by atoms with Crippen molar-refractivity contribution in [3.05, 3.63) is 46.8 Å². The quantitative estimate of drug-likeness (QED) is 0.847. The smallest absolute Gasteiger partial charge is 0.232 e. The molecule has 1 aromatic carbocycles. The minimum atomic E-state index is -0.0186. The number of fused-ring (bicyclic) bond motifs is 1. The van der Waals surface area contributed by atoms with Crippen molar-refractivity contribution in [2.75, 3.05) is 5.32 Å². The SMILES string of the molecule is Cc1n[nH]c(C)c1NC(=O)C1Cc2ccccc21. The molecule has 1 heterocycles. The van der Waals surface area contributed by atoms with Gasteiger partial charge in [0.05, 0.1) is 23.0 Å². The van der Waals surface area contributed by atoms with Crippen LogP contribution in [0.2, 0.25) is 0 Å². The fourth-order valence-corrected chi connectivity index (χ4v) is 2.44. The summed E-state index contributed by atoms with van der Waals surface area (Å²) in [5, 5.41) is 9.92. The van der Waals surface area contributed by atoms with Gasteiger partial charge in [-0.2, -0.15) is 5.10 Å². The zero-order valence-electron chi connectivity index (χ0n) is 10.4. The molecule has 4 nitrogen and oxygen atoms in total. The highest BCUT2D eigenvalue weighted by molar-refractivity contribution is 5.98. The lowest BCUT2D eigenvalue weighted by Gasteiger charge is -2.28. The number of carbonyl (C=O) groups is 1. The number of anilines is 1. The third kappa shape index (κ3) is 1.61. The first kappa shape index (κ1) is 11.0. The van der Waals surface area contributed by atoms with Crippen LogP contribution in [0.4, 0.5) is 5.69 Å². The molecule has 1 unspecified atom stereocenters. The third-order valence-electron chi connectivity index (χ3n) is 3.55. The maximum Gasteiger partial charge on any atom is 0.232 e. The monoisotopic (exact) mass is 241 g/mol. The second-order valence-electron chi connectivity index (χ2n) is 4.75. The first-order valence-corrected chi connectivity index (χ1v) is 6.07. The van der Waals surface area contributed by atoms with Crippen LogP contribution in [0.1, 0.15) is 28.4 Å². The Bertz CT molecular complexity index is 596. The van der Waals surface area contributed by atoms with Crippen LogP contribution in [0.15, 0.2) is 24.3 Å². The number of amides is 1. The van der Waals surface area contributed by atoms with Crippen LogP contribution < -0.4 is 5.32 Å². The van der Waals surface area contributed by atoms with Gasteiger partial charge in [-0.1, -0.05) is 24.3 Å². The van der Waals surface area contributed by atoms with Crippen LogP contribution in [0, 0.1) is 13.8 Å². The number of aryl methyl sites for hydroxylation is 2. The second kappa shape index (κ2) is 3.98. The molecule has 0 saturated heterocycles. The topological polar surface area (TPSA) is 57.8 Å². The van der Waals surface area contributed by atoms with Gasteiger partial charge in [0.25, 0.3) is 0 Å². The van der Waals surface area contributed by atoms with Gasteiger partial charge in [0, 0.05) is 0 Å². The molecule has 2 aromatic rings. The number of carbonyl (C=O) groups excluding carboxylic acids is 1. The number of rotatable bonds is 2. The van der Waals surface area contributed by atoms with E-state index in [1.165, 1.54) is 5.56 Å². The molecule has 0 fully saturated rings. The Kier molecular flexibility index (Phi) is 2.44. The summed E-state index contributed by atoms with van der Waals surface area (Å²) in [6.45, 7) is 3.79. The Morgan fingerprint density at radius 1 is 1.39 bits per heavy atom. The fourth-order valence-electron chi connectivity index (χ4n) is 2.44. The van der Waals surface area contributed by atoms with Crippen molar-refractivity contribution in [2.24, 2.45) is 0 Å². The summed E-state index contributed by atoms with van der Waals surface area (Å²) >= 11 is 0. The zero-order valence-corrected chi connectivity index (χ0v) is 10.4. The Hall–Kier alpha value is -2.10. The number of nitrogens with zero attached hydrogens (tertiary/aromatic N) is 1. The van der Waals surface area contributed by atoms with Gasteiger partial charge < -0.3 is 5.32 Å². The van der Waals surface area contributed by atoms with Crippen LogP contribution in [0.25, 0.3) is 0 Å². The van der Waals surface area contributed by atoms with Crippen molar-refractivity contribution in [3.63, 3.8) is 0 Å². The van der Waals surface area contributed by atoms with Crippen molar-refractivity contribution in [1.29, 1.82) is 0 Å². The standard InChI is InChI=1S/C14H15N3O/c1-8-13(9(2)17-16-8)15-14(18)12-7-10-5-3-4-6-11(10)12/h3-6,12H,7H2,1-2H3,(H,15,18)(H,16,17). The van der Waals surface area contributed by atoms with E-state index in [1.54, 1.807) is 0 Å². The molecule has 18 heavy (non-hydrogen) atoms. The number of benzene rings is 1. The highest BCUT2D eigenvalue weighted by Crippen LogP contribution is 2.35. The first-order valence-electron chi connectivity index (χ1n) is 6.07. The van der Waals surface area contributed by atoms with Gasteiger partial charge in [0.15, 0.2) is 0 Å². The maximum absolute atomic E-state index is 12.2. The lowest BCUT2D eigenvalue weighted by molar-refractivity contribution is -0.118. The predicted molar refractivity (Wildman–Crippen MR) is 69.6 cm³/mol. The number of aromatic nitrogens is 2. The van der Waals surface area contributed by atoms with Crippen LogP contribution in [-0.4, -0.2) is 16.1 Å². The number of nitrogens with one attached hydrogen (secondary N) is 2. The summed E-state index contributed by atoms with van der Waals surface area (Å²) < 4.78 is 0. The predicted octanol–water partition coefficient (Wildman–Crippen LogP) is 2.30. The van der Waals surface area contributed by atoms with Gasteiger partial charge >= 0.3 is 0 Å². The van der Waals surface area contributed by atoms with E-state index in [9.17, 15) is 4.79 Å². The molecule has 0 spiro atoms. The number of aromatic amines is 1. The van der Waals surface area contributed by atoms with Crippen molar-refractivity contribution >= 4 is 11.6 Å². The molecule has 1 aromatic heterocycles.